The maximum atomic E-state index is 12.2. The molecule has 0 bridgehead atoms. The fourth-order valence-electron chi connectivity index (χ4n) is 2.72. The van der Waals surface area contributed by atoms with Crippen LogP contribution in [0.15, 0.2) is 42.7 Å². The van der Waals surface area contributed by atoms with Crippen LogP contribution in [0.25, 0.3) is 0 Å². The maximum absolute atomic E-state index is 12.2. The molecule has 0 amide bonds. The van der Waals surface area contributed by atoms with Gasteiger partial charge in [-0.05, 0) is 43.2 Å². The fourth-order valence-corrected chi connectivity index (χ4v) is 2.72. The Morgan fingerprint density at radius 1 is 1.17 bits per heavy atom. The van der Waals surface area contributed by atoms with E-state index in [-0.39, 0.29) is 11.8 Å². The number of rotatable bonds is 5. The van der Waals surface area contributed by atoms with Crippen LogP contribution < -0.4 is 15.0 Å². The molecule has 1 saturated heterocycles. The van der Waals surface area contributed by atoms with Crippen molar-refractivity contribution in [3.05, 3.63) is 42.7 Å². The summed E-state index contributed by atoms with van der Waals surface area (Å²) in [5, 5.41) is 3.33. The van der Waals surface area contributed by atoms with Gasteiger partial charge in [0.25, 0.3) is 0 Å². The lowest BCUT2D eigenvalue weighted by Gasteiger charge is -2.34. The van der Waals surface area contributed by atoms with Crippen LogP contribution in [-0.4, -0.2) is 35.7 Å². The van der Waals surface area contributed by atoms with Crippen molar-refractivity contribution in [1.29, 1.82) is 0 Å². The zero-order valence-corrected chi connectivity index (χ0v) is 12.5. The van der Waals surface area contributed by atoms with Crippen LogP contribution in [0.3, 0.4) is 0 Å². The molecular weight excluding hydrogens is 302 g/mol. The van der Waals surface area contributed by atoms with Gasteiger partial charge in [-0.15, -0.1) is 0 Å². The van der Waals surface area contributed by atoms with E-state index in [4.69, 9.17) is 0 Å². The predicted octanol–water partition coefficient (Wildman–Crippen LogP) is 3.16. The van der Waals surface area contributed by atoms with Gasteiger partial charge < -0.3 is 15.0 Å². The SMILES string of the molecule is FC(F)Oc1ccc(N2CCCC(Nc3ncccn3)C2)cc1. The van der Waals surface area contributed by atoms with Crippen molar-refractivity contribution in [2.75, 3.05) is 23.3 Å². The molecule has 1 aliphatic heterocycles. The molecule has 2 aromatic rings. The van der Waals surface area contributed by atoms with Crippen molar-refractivity contribution in [2.24, 2.45) is 0 Å². The van der Waals surface area contributed by atoms with Gasteiger partial charge in [0.15, 0.2) is 0 Å². The highest BCUT2D eigenvalue weighted by Gasteiger charge is 2.20. The summed E-state index contributed by atoms with van der Waals surface area (Å²) in [6.07, 6.45) is 5.50. The highest BCUT2D eigenvalue weighted by Crippen LogP contribution is 2.24. The van der Waals surface area contributed by atoms with Gasteiger partial charge in [0.1, 0.15) is 5.75 Å². The lowest BCUT2D eigenvalue weighted by atomic mass is 10.0. The number of alkyl halides is 2. The summed E-state index contributed by atoms with van der Waals surface area (Å²) in [4.78, 5) is 10.6. The molecule has 1 aromatic carbocycles. The molecule has 1 N–H and O–H groups in total. The Morgan fingerprint density at radius 2 is 1.91 bits per heavy atom. The van der Waals surface area contributed by atoms with Crippen LogP contribution >= 0.6 is 0 Å². The second-order valence-electron chi connectivity index (χ2n) is 5.37. The fraction of sp³-hybridized carbons (Fsp3) is 0.375. The Bertz CT molecular complexity index is 609. The van der Waals surface area contributed by atoms with E-state index in [0.29, 0.717) is 5.95 Å². The maximum Gasteiger partial charge on any atom is 0.387 e. The smallest absolute Gasteiger partial charge is 0.387 e. The molecule has 122 valence electrons. The molecule has 0 saturated carbocycles. The number of hydrogen-bond acceptors (Lipinski definition) is 5. The first-order chi connectivity index (χ1) is 11.2. The Morgan fingerprint density at radius 3 is 2.61 bits per heavy atom. The summed E-state index contributed by atoms with van der Waals surface area (Å²) in [5.74, 6) is 0.799. The summed E-state index contributed by atoms with van der Waals surface area (Å²) in [6.45, 7) is -1.05. The van der Waals surface area contributed by atoms with Crippen LogP contribution in [0, 0.1) is 0 Å². The Balaban J connectivity index is 1.61. The Labute approximate surface area is 133 Å². The number of anilines is 2. The molecule has 23 heavy (non-hydrogen) atoms. The third-order valence-electron chi connectivity index (χ3n) is 3.75. The molecule has 0 aliphatic carbocycles. The van der Waals surface area contributed by atoms with Gasteiger partial charge >= 0.3 is 6.61 Å². The minimum absolute atomic E-state index is 0.174. The zero-order chi connectivity index (χ0) is 16.1. The molecular formula is C16H18F2N4O. The summed E-state index contributed by atoms with van der Waals surface area (Å²) >= 11 is 0. The van der Waals surface area contributed by atoms with Crippen LogP contribution in [0.4, 0.5) is 20.4 Å². The molecule has 1 aliphatic rings. The number of piperidine rings is 1. The number of hydrogen-bond donors (Lipinski definition) is 1. The highest BCUT2D eigenvalue weighted by atomic mass is 19.3. The van der Waals surface area contributed by atoms with Gasteiger partial charge in [0.05, 0.1) is 0 Å². The van der Waals surface area contributed by atoms with Crippen LogP contribution in [0.1, 0.15) is 12.8 Å². The minimum Gasteiger partial charge on any atom is -0.435 e. The minimum atomic E-state index is -2.80. The lowest BCUT2D eigenvalue weighted by Crippen LogP contribution is -2.42. The van der Waals surface area contributed by atoms with E-state index >= 15 is 0 Å². The first-order valence-electron chi connectivity index (χ1n) is 7.54. The number of nitrogens with zero attached hydrogens (tertiary/aromatic N) is 3. The molecule has 5 nitrogen and oxygen atoms in total. The van der Waals surface area contributed by atoms with E-state index in [1.54, 1.807) is 42.7 Å². The molecule has 1 aromatic heterocycles. The van der Waals surface area contributed by atoms with Crippen LogP contribution in [0.5, 0.6) is 5.75 Å². The lowest BCUT2D eigenvalue weighted by molar-refractivity contribution is -0.0498. The first kappa shape index (κ1) is 15.5. The normalized spacial score (nSPS) is 18.0. The van der Waals surface area contributed by atoms with Crippen molar-refractivity contribution in [2.45, 2.75) is 25.5 Å². The first-order valence-corrected chi connectivity index (χ1v) is 7.54. The van der Waals surface area contributed by atoms with Crippen molar-refractivity contribution < 1.29 is 13.5 Å². The van der Waals surface area contributed by atoms with Crippen molar-refractivity contribution in [3.63, 3.8) is 0 Å². The van der Waals surface area contributed by atoms with Crippen LogP contribution in [0.2, 0.25) is 0 Å². The number of ether oxygens (including phenoxy) is 1. The number of aromatic nitrogens is 2. The molecule has 7 heteroatoms. The third-order valence-corrected chi connectivity index (χ3v) is 3.75. The summed E-state index contributed by atoms with van der Waals surface area (Å²) < 4.78 is 28.7. The standard InChI is InChI=1S/C16H18F2N4O/c17-15(18)23-14-6-4-13(5-7-14)22-10-1-3-12(11-22)21-16-19-8-2-9-20-16/h2,4-9,12,15H,1,3,10-11H2,(H,19,20,21). The highest BCUT2D eigenvalue weighted by molar-refractivity contribution is 5.50. The van der Waals surface area contributed by atoms with E-state index < -0.39 is 6.61 Å². The number of nitrogens with one attached hydrogen (secondary N) is 1. The molecule has 2 heterocycles. The van der Waals surface area contributed by atoms with E-state index in [2.05, 4.69) is 24.9 Å². The average molecular weight is 320 g/mol. The zero-order valence-electron chi connectivity index (χ0n) is 12.5. The van der Waals surface area contributed by atoms with E-state index in [1.807, 2.05) is 0 Å². The summed E-state index contributed by atoms with van der Waals surface area (Å²) in [5.41, 5.74) is 0.993. The van der Waals surface area contributed by atoms with Gasteiger partial charge in [0, 0.05) is 37.2 Å². The largest absolute Gasteiger partial charge is 0.435 e. The molecule has 1 atom stereocenters. The second kappa shape index (κ2) is 7.21. The Kier molecular flexibility index (Phi) is 4.85. The van der Waals surface area contributed by atoms with Crippen molar-refractivity contribution in [3.8, 4) is 5.75 Å². The quantitative estimate of drug-likeness (QED) is 0.917. The summed E-state index contributed by atoms with van der Waals surface area (Å²) in [7, 11) is 0. The molecule has 0 spiro atoms. The van der Waals surface area contributed by atoms with Gasteiger partial charge in [-0.1, -0.05) is 0 Å². The summed E-state index contributed by atoms with van der Waals surface area (Å²) in [6, 6.07) is 8.78. The van der Waals surface area contributed by atoms with Crippen molar-refractivity contribution in [1.82, 2.24) is 9.97 Å². The topological polar surface area (TPSA) is 50.3 Å². The molecule has 0 radical (unpaired) electrons. The van der Waals surface area contributed by atoms with Gasteiger partial charge in [-0.2, -0.15) is 8.78 Å². The van der Waals surface area contributed by atoms with E-state index in [1.165, 1.54) is 0 Å². The van der Waals surface area contributed by atoms with E-state index in [0.717, 1.165) is 31.6 Å². The van der Waals surface area contributed by atoms with Gasteiger partial charge in [0.2, 0.25) is 5.95 Å². The monoisotopic (exact) mass is 320 g/mol. The van der Waals surface area contributed by atoms with Gasteiger partial charge in [-0.25, -0.2) is 9.97 Å². The third kappa shape index (κ3) is 4.28. The van der Waals surface area contributed by atoms with Crippen molar-refractivity contribution >= 4 is 11.6 Å². The molecule has 1 unspecified atom stereocenters. The van der Waals surface area contributed by atoms with Crippen LogP contribution in [-0.2, 0) is 0 Å². The number of halogens is 2. The Hall–Kier alpha value is -2.44. The molecule has 1 fully saturated rings. The molecule has 3 rings (SSSR count). The number of benzene rings is 1. The predicted molar refractivity (Wildman–Crippen MR) is 84.0 cm³/mol. The average Bonchev–Trinajstić information content (AvgIpc) is 2.56. The van der Waals surface area contributed by atoms with E-state index in [9.17, 15) is 8.78 Å². The second-order valence-corrected chi connectivity index (χ2v) is 5.37. The van der Waals surface area contributed by atoms with Gasteiger partial charge in [-0.3, -0.25) is 0 Å².